The van der Waals surface area contributed by atoms with Gasteiger partial charge in [-0.2, -0.15) is 4.31 Å². The summed E-state index contributed by atoms with van der Waals surface area (Å²) in [6, 6.07) is 20.2. The van der Waals surface area contributed by atoms with Crippen LogP contribution in [0.25, 0.3) is 0 Å². The average Bonchev–Trinajstić information content (AvgIpc) is 2.89. The van der Waals surface area contributed by atoms with Crippen LogP contribution in [0.4, 0.5) is 11.4 Å². The molecule has 9 nitrogen and oxygen atoms in total. The minimum absolute atomic E-state index is 0.143. The maximum atomic E-state index is 12.8. The van der Waals surface area contributed by atoms with Gasteiger partial charge in [-0.15, -0.1) is 0 Å². The van der Waals surface area contributed by atoms with Gasteiger partial charge in [0.05, 0.1) is 28.7 Å². The molecule has 0 atom stereocenters. The third kappa shape index (κ3) is 5.38. The van der Waals surface area contributed by atoms with Crippen LogP contribution in [0, 0.1) is 0 Å². The van der Waals surface area contributed by atoms with Crippen LogP contribution in [0.15, 0.2) is 88.7 Å². The number of carbonyl (C=O) groups excluding carboxylic acids is 1. The minimum Gasteiger partial charge on any atom is -0.379 e. The van der Waals surface area contributed by atoms with Crippen LogP contribution >= 0.6 is 0 Å². The van der Waals surface area contributed by atoms with E-state index >= 15 is 0 Å². The van der Waals surface area contributed by atoms with Crippen molar-refractivity contribution < 1.29 is 26.4 Å². The van der Waals surface area contributed by atoms with Gasteiger partial charge in [0, 0.05) is 31.4 Å². The van der Waals surface area contributed by atoms with E-state index in [1.165, 1.54) is 59.9 Å². The zero-order chi connectivity index (χ0) is 25.1. The fourth-order valence-corrected chi connectivity index (χ4v) is 6.19. The highest BCUT2D eigenvalue weighted by molar-refractivity contribution is 7.92. The Hall–Kier alpha value is -3.25. The molecule has 4 rings (SSSR count). The predicted octanol–water partition coefficient (Wildman–Crippen LogP) is 2.78. The molecule has 1 saturated heterocycles. The lowest BCUT2D eigenvalue weighted by atomic mass is 10.2. The van der Waals surface area contributed by atoms with Crippen LogP contribution in [-0.4, -0.2) is 60.4 Å². The monoisotopic (exact) mass is 515 g/mol. The lowest BCUT2D eigenvalue weighted by Gasteiger charge is -2.26. The van der Waals surface area contributed by atoms with Crippen molar-refractivity contribution in [3.05, 3.63) is 84.4 Å². The zero-order valence-electron chi connectivity index (χ0n) is 19.0. The highest BCUT2D eigenvalue weighted by Gasteiger charge is 2.26. The second-order valence-electron chi connectivity index (χ2n) is 7.83. The van der Waals surface area contributed by atoms with E-state index in [2.05, 4.69) is 5.32 Å². The molecule has 1 fully saturated rings. The molecule has 0 aromatic heterocycles. The lowest BCUT2D eigenvalue weighted by Crippen LogP contribution is -2.40. The van der Waals surface area contributed by atoms with Crippen LogP contribution in [0.5, 0.6) is 0 Å². The smallest absolute Gasteiger partial charge is 0.264 e. The van der Waals surface area contributed by atoms with Crippen LogP contribution in [0.3, 0.4) is 0 Å². The first-order valence-electron chi connectivity index (χ1n) is 10.8. The van der Waals surface area contributed by atoms with E-state index < -0.39 is 26.0 Å². The van der Waals surface area contributed by atoms with Gasteiger partial charge in [-0.05, 0) is 60.7 Å². The van der Waals surface area contributed by atoms with Gasteiger partial charge in [0.15, 0.2) is 0 Å². The van der Waals surface area contributed by atoms with Gasteiger partial charge < -0.3 is 10.1 Å². The third-order valence-corrected chi connectivity index (χ3v) is 9.33. The van der Waals surface area contributed by atoms with Crippen molar-refractivity contribution in [1.29, 1.82) is 0 Å². The van der Waals surface area contributed by atoms with Gasteiger partial charge >= 0.3 is 0 Å². The van der Waals surface area contributed by atoms with Crippen molar-refractivity contribution in [2.24, 2.45) is 0 Å². The van der Waals surface area contributed by atoms with Gasteiger partial charge in [0.25, 0.3) is 15.9 Å². The van der Waals surface area contributed by atoms with Crippen molar-refractivity contribution in [3.8, 4) is 0 Å². The van der Waals surface area contributed by atoms with E-state index in [4.69, 9.17) is 4.74 Å². The average molecular weight is 516 g/mol. The van der Waals surface area contributed by atoms with Crippen LogP contribution in [0.2, 0.25) is 0 Å². The van der Waals surface area contributed by atoms with Crippen LogP contribution < -0.4 is 9.62 Å². The maximum absolute atomic E-state index is 12.8. The number of ether oxygens (including phenoxy) is 1. The van der Waals surface area contributed by atoms with E-state index in [0.717, 1.165) is 4.31 Å². The van der Waals surface area contributed by atoms with E-state index in [9.17, 15) is 21.6 Å². The molecule has 1 aliphatic rings. The second kappa shape index (κ2) is 10.2. The molecule has 1 N–H and O–H groups in total. The summed E-state index contributed by atoms with van der Waals surface area (Å²) >= 11 is 0. The van der Waals surface area contributed by atoms with Crippen molar-refractivity contribution in [1.82, 2.24) is 4.31 Å². The molecule has 0 radical (unpaired) electrons. The maximum Gasteiger partial charge on any atom is 0.264 e. The van der Waals surface area contributed by atoms with E-state index in [1.54, 1.807) is 30.3 Å². The van der Waals surface area contributed by atoms with Gasteiger partial charge in [-0.25, -0.2) is 16.8 Å². The first-order chi connectivity index (χ1) is 16.7. The Morgan fingerprint density at radius 3 is 2.03 bits per heavy atom. The second-order valence-corrected chi connectivity index (χ2v) is 11.7. The summed E-state index contributed by atoms with van der Waals surface area (Å²) in [5.74, 6) is -0.408. The number of anilines is 2. The van der Waals surface area contributed by atoms with Crippen molar-refractivity contribution in [2.45, 2.75) is 9.79 Å². The molecule has 0 aliphatic carbocycles. The van der Waals surface area contributed by atoms with E-state index in [1.807, 2.05) is 0 Å². The van der Waals surface area contributed by atoms with Gasteiger partial charge in [0.1, 0.15) is 0 Å². The number of nitrogens with zero attached hydrogens (tertiary/aromatic N) is 2. The SMILES string of the molecule is CN(c1ccc(C(=O)Nc2ccc(S(=O)(=O)N3CCOCC3)cc2)cc1)S(=O)(=O)c1ccccc1. The molecule has 0 unspecified atom stereocenters. The highest BCUT2D eigenvalue weighted by atomic mass is 32.2. The van der Waals surface area contributed by atoms with Crippen molar-refractivity contribution in [2.75, 3.05) is 43.0 Å². The molecule has 0 spiro atoms. The zero-order valence-corrected chi connectivity index (χ0v) is 20.6. The van der Waals surface area contributed by atoms with Crippen molar-refractivity contribution >= 4 is 37.3 Å². The van der Waals surface area contributed by atoms with Gasteiger partial charge in [0.2, 0.25) is 10.0 Å². The molecule has 3 aromatic rings. The number of sulfonamides is 2. The summed E-state index contributed by atoms with van der Waals surface area (Å²) in [7, 11) is -5.89. The lowest BCUT2D eigenvalue weighted by molar-refractivity contribution is 0.0730. The van der Waals surface area contributed by atoms with E-state index in [-0.39, 0.29) is 9.79 Å². The Balaban J connectivity index is 1.43. The van der Waals surface area contributed by atoms with Gasteiger partial charge in [-0.3, -0.25) is 9.10 Å². The van der Waals surface area contributed by atoms with Crippen molar-refractivity contribution in [3.63, 3.8) is 0 Å². The first kappa shape index (κ1) is 24.9. The molecule has 0 saturated carbocycles. The first-order valence-corrected chi connectivity index (χ1v) is 13.7. The third-order valence-electron chi connectivity index (χ3n) is 5.61. The van der Waals surface area contributed by atoms with Gasteiger partial charge in [-0.1, -0.05) is 18.2 Å². The van der Waals surface area contributed by atoms with Crippen LogP contribution in [0.1, 0.15) is 10.4 Å². The predicted molar refractivity (Wildman–Crippen MR) is 132 cm³/mol. The standard InChI is InChI=1S/C24H25N3O6S2/c1-26(34(29,30)22-5-3-2-4-6-22)21-11-7-19(8-12-21)24(28)25-20-9-13-23(14-10-20)35(31,32)27-15-17-33-18-16-27/h2-14H,15-18H2,1H3,(H,25,28). The largest absolute Gasteiger partial charge is 0.379 e. The highest BCUT2D eigenvalue weighted by Crippen LogP contribution is 2.23. The Morgan fingerprint density at radius 2 is 1.43 bits per heavy atom. The molecule has 35 heavy (non-hydrogen) atoms. The molecule has 1 amide bonds. The number of morpholine rings is 1. The number of hydrogen-bond donors (Lipinski definition) is 1. The summed E-state index contributed by atoms with van der Waals surface area (Å²) in [5, 5.41) is 2.72. The molecule has 0 bridgehead atoms. The Kier molecular flexibility index (Phi) is 7.22. The molecule has 11 heteroatoms. The Bertz CT molecular complexity index is 1390. The topological polar surface area (TPSA) is 113 Å². The minimum atomic E-state index is -3.72. The summed E-state index contributed by atoms with van der Waals surface area (Å²) in [6.07, 6.45) is 0. The molecule has 3 aromatic carbocycles. The number of carbonyl (C=O) groups is 1. The fourth-order valence-electron chi connectivity index (χ4n) is 3.56. The summed E-state index contributed by atoms with van der Waals surface area (Å²) in [6.45, 7) is 1.33. The molecule has 1 aliphatic heterocycles. The quantitative estimate of drug-likeness (QED) is 0.518. The number of amides is 1. The number of rotatable bonds is 7. The summed E-state index contributed by atoms with van der Waals surface area (Å²) < 4.78 is 58.8. The summed E-state index contributed by atoms with van der Waals surface area (Å²) in [4.78, 5) is 13.0. The molecular formula is C24H25N3O6S2. The fraction of sp³-hybridized carbons (Fsp3) is 0.208. The molecular weight excluding hydrogens is 490 g/mol. The molecule has 184 valence electrons. The number of hydrogen-bond acceptors (Lipinski definition) is 6. The number of benzene rings is 3. The van der Waals surface area contributed by atoms with Crippen LogP contribution in [-0.2, 0) is 24.8 Å². The summed E-state index contributed by atoms with van der Waals surface area (Å²) in [5.41, 5.74) is 1.16. The number of nitrogens with one attached hydrogen (secondary N) is 1. The van der Waals surface area contributed by atoms with E-state index in [0.29, 0.717) is 43.2 Å². The normalized spacial score (nSPS) is 14.9. The Morgan fingerprint density at radius 1 is 0.829 bits per heavy atom. The Labute approximate surface area is 205 Å². The molecule has 1 heterocycles.